The fourth-order valence-electron chi connectivity index (χ4n) is 5.83. The Balaban J connectivity index is 1.65. The molecule has 2 aliphatic heterocycles. The van der Waals surface area contributed by atoms with Crippen molar-refractivity contribution >= 4 is 40.8 Å². The van der Waals surface area contributed by atoms with Crippen LogP contribution in [0.4, 0.5) is 30.8 Å². The third-order valence-electron chi connectivity index (χ3n) is 7.94. The number of aliphatic hydroxyl groups excluding tert-OH is 1. The summed E-state index contributed by atoms with van der Waals surface area (Å²) in [6.45, 7) is 12.1. The second-order valence-electron chi connectivity index (χ2n) is 13.4. The molecule has 0 bridgehead atoms. The van der Waals surface area contributed by atoms with Gasteiger partial charge in [-0.05, 0) is 61.9 Å². The Labute approximate surface area is 267 Å². The number of hydrogen-bond acceptors (Lipinski definition) is 6. The van der Waals surface area contributed by atoms with Crippen molar-refractivity contribution in [2.45, 2.75) is 77.8 Å². The van der Waals surface area contributed by atoms with Gasteiger partial charge in [0.05, 0.1) is 41.7 Å². The minimum atomic E-state index is -1.98. The Bertz CT molecular complexity index is 1610. The molecule has 0 aliphatic carbocycles. The highest BCUT2D eigenvalue weighted by Gasteiger charge is 2.52. The molecular formula is C34H39ClF2N4O4. The SMILES string of the molecule is CC(C)c1cccc(C(C)C)c1N1c2nc(-c3ccccc3F)c(Cl)cc2N(CC2(F)CN(C(=O)OC(C)(C)C)C2)C(=O)C1O. The molecule has 2 aliphatic rings. The summed E-state index contributed by atoms with van der Waals surface area (Å²) >= 11 is 6.71. The Kier molecular flexibility index (Phi) is 8.61. The molecule has 1 aromatic heterocycles. The molecule has 45 heavy (non-hydrogen) atoms. The Hall–Kier alpha value is -3.76. The van der Waals surface area contributed by atoms with Crippen LogP contribution in [-0.4, -0.2) is 64.1 Å². The molecule has 240 valence electrons. The number of hydrogen-bond donors (Lipinski definition) is 1. The number of benzene rings is 2. The van der Waals surface area contributed by atoms with Crippen LogP contribution in [0.1, 0.15) is 71.4 Å². The van der Waals surface area contributed by atoms with Crippen LogP contribution in [0.2, 0.25) is 5.02 Å². The van der Waals surface area contributed by atoms with E-state index in [2.05, 4.69) is 0 Å². The number of para-hydroxylation sites is 1. The monoisotopic (exact) mass is 640 g/mol. The first-order valence-electron chi connectivity index (χ1n) is 15.0. The number of ether oxygens (including phenoxy) is 1. The highest BCUT2D eigenvalue weighted by atomic mass is 35.5. The third-order valence-corrected chi connectivity index (χ3v) is 8.23. The topological polar surface area (TPSA) is 86.2 Å². The minimum absolute atomic E-state index is 0.00347. The van der Waals surface area contributed by atoms with Crippen LogP contribution in [-0.2, 0) is 9.53 Å². The van der Waals surface area contributed by atoms with E-state index in [1.54, 1.807) is 39.0 Å². The lowest BCUT2D eigenvalue weighted by atomic mass is 9.91. The first-order chi connectivity index (χ1) is 21.0. The summed E-state index contributed by atoms with van der Waals surface area (Å²) < 4.78 is 36.5. The smallest absolute Gasteiger partial charge is 0.410 e. The van der Waals surface area contributed by atoms with Gasteiger partial charge in [-0.25, -0.2) is 18.6 Å². The molecular weight excluding hydrogens is 602 g/mol. The summed E-state index contributed by atoms with van der Waals surface area (Å²) in [7, 11) is 0. The quantitative estimate of drug-likeness (QED) is 0.299. The van der Waals surface area contributed by atoms with Crippen molar-refractivity contribution in [3.05, 3.63) is 70.5 Å². The van der Waals surface area contributed by atoms with Gasteiger partial charge < -0.3 is 19.6 Å². The van der Waals surface area contributed by atoms with Crippen molar-refractivity contribution in [2.24, 2.45) is 0 Å². The van der Waals surface area contributed by atoms with E-state index in [9.17, 15) is 14.7 Å². The predicted molar refractivity (Wildman–Crippen MR) is 171 cm³/mol. The molecule has 5 rings (SSSR count). The second-order valence-corrected chi connectivity index (χ2v) is 13.8. The molecule has 0 radical (unpaired) electrons. The Morgan fingerprint density at radius 1 is 1.09 bits per heavy atom. The molecule has 1 unspecified atom stereocenters. The van der Waals surface area contributed by atoms with Crippen molar-refractivity contribution in [2.75, 3.05) is 29.4 Å². The summed E-state index contributed by atoms with van der Waals surface area (Å²) in [6.07, 6.45) is -2.43. The number of pyridine rings is 1. The summed E-state index contributed by atoms with van der Waals surface area (Å²) in [6, 6.07) is 13.3. The molecule has 11 heteroatoms. The standard InChI is InChI=1S/C34H39ClF2N4O4/c1-19(2)21-12-10-13-22(20(3)4)28(21)41-29-26(15-24(35)27(38-29)23-11-8-9-14-25(23)36)40(30(42)31(41)43)18-34(37)16-39(17-34)32(44)45-33(5,6)7/h8-15,19-20,31,43H,16-18H2,1-7H3. The number of carbonyl (C=O) groups excluding carboxylic acids is 2. The zero-order valence-corrected chi connectivity index (χ0v) is 27.3. The molecule has 1 N–H and O–H groups in total. The van der Waals surface area contributed by atoms with Gasteiger partial charge in [0.15, 0.2) is 11.5 Å². The number of rotatable bonds is 6. The number of alkyl halides is 1. The minimum Gasteiger partial charge on any atom is -0.444 e. The number of amides is 2. The molecule has 8 nitrogen and oxygen atoms in total. The van der Waals surface area contributed by atoms with Gasteiger partial charge in [0.2, 0.25) is 6.23 Å². The third kappa shape index (κ3) is 6.22. The Morgan fingerprint density at radius 3 is 2.24 bits per heavy atom. The maximum absolute atomic E-state index is 16.1. The molecule has 3 aromatic rings. The maximum atomic E-state index is 16.1. The van der Waals surface area contributed by atoms with Crippen LogP contribution in [0.3, 0.4) is 0 Å². The van der Waals surface area contributed by atoms with Crippen LogP contribution in [0.15, 0.2) is 48.5 Å². The summed E-state index contributed by atoms with van der Waals surface area (Å²) in [5.74, 6) is -1.19. The van der Waals surface area contributed by atoms with Crippen LogP contribution < -0.4 is 9.80 Å². The maximum Gasteiger partial charge on any atom is 0.410 e. The molecule has 3 heterocycles. The molecule has 1 atom stereocenters. The number of likely N-dealkylation sites (tertiary alicyclic amines) is 1. The average Bonchev–Trinajstić information content (AvgIpc) is 2.93. The number of nitrogens with zero attached hydrogens (tertiary/aromatic N) is 4. The lowest BCUT2D eigenvalue weighted by molar-refractivity contribution is -0.127. The number of carbonyl (C=O) groups is 2. The van der Waals surface area contributed by atoms with Crippen molar-refractivity contribution in [3.8, 4) is 11.3 Å². The van der Waals surface area contributed by atoms with Crippen LogP contribution >= 0.6 is 11.6 Å². The van der Waals surface area contributed by atoms with Gasteiger partial charge in [-0.1, -0.05) is 69.6 Å². The molecule has 0 saturated carbocycles. The zero-order chi connectivity index (χ0) is 33.0. The van der Waals surface area contributed by atoms with Gasteiger partial charge in [0, 0.05) is 5.56 Å². The summed E-state index contributed by atoms with van der Waals surface area (Å²) in [4.78, 5) is 35.1. The van der Waals surface area contributed by atoms with Crippen LogP contribution in [0, 0.1) is 5.82 Å². The number of aromatic nitrogens is 1. The van der Waals surface area contributed by atoms with E-state index in [4.69, 9.17) is 21.3 Å². The van der Waals surface area contributed by atoms with E-state index in [1.807, 2.05) is 45.9 Å². The van der Waals surface area contributed by atoms with E-state index < -0.39 is 41.9 Å². The molecule has 1 fully saturated rings. The van der Waals surface area contributed by atoms with Crippen molar-refractivity contribution in [1.29, 1.82) is 0 Å². The van der Waals surface area contributed by atoms with Crippen molar-refractivity contribution < 1.29 is 28.2 Å². The van der Waals surface area contributed by atoms with E-state index in [0.29, 0.717) is 5.69 Å². The van der Waals surface area contributed by atoms with Gasteiger partial charge in [-0.15, -0.1) is 0 Å². The van der Waals surface area contributed by atoms with Crippen LogP contribution in [0.5, 0.6) is 0 Å². The van der Waals surface area contributed by atoms with E-state index in [1.165, 1.54) is 21.9 Å². The van der Waals surface area contributed by atoms with Gasteiger partial charge in [-0.3, -0.25) is 9.69 Å². The molecule has 0 spiro atoms. The van der Waals surface area contributed by atoms with E-state index in [0.717, 1.165) is 16.0 Å². The van der Waals surface area contributed by atoms with Crippen molar-refractivity contribution in [3.63, 3.8) is 0 Å². The normalized spacial score (nSPS) is 17.9. The van der Waals surface area contributed by atoms with Gasteiger partial charge in [0.25, 0.3) is 5.91 Å². The first kappa shape index (κ1) is 32.6. The lowest BCUT2D eigenvalue weighted by Crippen LogP contribution is -2.67. The zero-order valence-electron chi connectivity index (χ0n) is 26.6. The highest BCUT2D eigenvalue weighted by molar-refractivity contribution is 6.33. The first-order valence-corrected chi connectivity index (χ1v) is 15.4. The van der Waals surface area contributed by atoms with Gasteiger partial charge >= 0.3 is 6.09 Å². The number of fused-ring (bicyclic) bond motifs is 1. The van der Waals surface area contributed by atoms with Gasteiger partial charge in [-0.2, -0.15) is 0 Å². The molecule has 1 saturated heterocycles. The lowest BCUT2D eigenvalue weighted by Gasteiger charge is -2.48. The summed E-state index contributed by atoms with van der Waals surface area (Å²) in [5.41, 5.74) is 0.0176. The number of aliphatic hydroxyl groups is 1. The fraction of sp³-hybridized carbons (Fsp3) is 0.441. The van der Waals surface area contributed by atoms with Crippen LogP contribution in [0.25, 0.3) is 11.3 Å². The van der Waals surface area contributed by atoms with Crippen molar-refractivity contribution in [1.82, 2.24) is 9.88 Å². The fourth-order valence-corrected chi connectivity index (χ4v) is 6.08. The number of halogens is 3. The largest absolute Gasteiger partial charge is 0.444 e. The average molecular weight is 641 g/mol. The number of anilines is 3. The Morgan fingerprint density at radius 2 is 1.69 bits per heavy atom. The summed E-state index contributed by atoms with van der Waals surface area (Å²) in [5, 5.41) is 11.8. The highest BCUT2D eigenvalue weighted by Crippen LogP contribution is 2.48. The molecule has 2 aromatic carbocycles. The van der Waals surface area contributed by atoms with E-state index >= 15 is 8.78 Å². The molecule has 2 amide bonds. The van der Waals surface area contributed by atoms with Gasteiger partial charge in [0.1, 0.15) is 11.4 Å². The second kappa shape index (κ2) is 11.9. The predicted octanol–water partition coefficient (Wildman–Crippen LogP) is 7.55. The van der Waals surface area contributed by atoms with E-state index in [-0.39, 0.29) is 52.7 Å².